The lowest BCUT2D eigenvalue weighted by Gasteiger charge is -2.30. The van der Waals surface area contributed by atoms with E-state index in [1.807, 2.05) is 6.92 Å². The molecule has 0 spiro atoms. The summed E-state index contributed by atoms with van der Waals surface area (Å²) in [7, 11) is -3.56. The van der Waals surface area contributed by atoms with Crippen molar-refractivity contribution in [1.82, 2.24) is 9.29 Å². The van der Waals surface area contributed by atoms with Gasteiger partial charge in [0.2, 0.25) is 15.9 Å². The first kappa shape index (κ1) is 24.0. The van der Waals surface area contributed by atoms with Gasteiger partial charge in [0.15, 0.2) is 11.7 Å². The zero-order valence-corrected chi connectivity index (χ0v) is 19.4. The molecule has 4 rings (SSSR count). The van der Waals surface area contributed by atoms with Gasteiger partial charge in [-0.25, -0.2) is 22.2 Å². The number of oxazole rings is 1. The standard InChI is InChI=1S/C24H25F2N3O4S/c1-16-3-2-12-29(15-16)34(31,32)19-7-5-18(6-8-19)28-23(30)10-11-24-27-14-22(33-24)20-9-4-17(25)13-21(20)26/h4-9,13-14,16H,2-3,10-12,15H2,1H3,(H,28,30). The number of hydrogen-bond acceptors (Lipinski definition) is 5. The number of sulfonamides is 1. The van der Waals surface area contributed by atoms with Gasteiger partial charge in [-0.1, -0.05) is 6.92 Å². The van der Waals surface area contributed by atoms with Crippen molar-refractivity contribution in [2.24, 2.45) is 5.92 Å². The molecule has 1 fully saturated rings. The Morgan fingerprint density at radius 1 is 1.21 bits per heavy atom. The van der Waals surface area contributed by atoms with Crippen molar-refractivity contribution >= 4 is 21.6 Å². The van der Waals surface area contributed by atoms with Crippen LogP contribution in [0, 0.1) is 17.6 Å². The molecule has 1 N–H and O–H groups in total. The van der Waals surface area contributed by atoms with E-state index in [-0.39, 0.29) is 40.9 Å². The first-order valence-electron chi connectivity index (χ1n) is 11.0. The highest BCUT2D eigenvalue weighted by Gasteiger charge is 2.28. The molecule has 1 amide bonds. The topological polar surface area (TPSA) is 92.5 Å². The Morgan fingerprint density at radius 3 is 2.68 bits per heavy atom. The minimum absolute atomic E-state index is 0.0531. The van der Waals surface area contributed by atoms with Crippen LogP contribution in [0.5, 0.6) is 0 Å². The van der Waals surface area contributed by atoms with E-state index in [1.54, 1.807) is 12.1 Å². The highest BCUT2D eigenvalue weighted by atomic mass is 32.2. The molecule has 2 aromatic carbocycles. The maximum Gasteiger partial charge on any atom is 0.243 e. The number of hydrogen-bond donors (Lipinski definition) is 1. The Bertz CT molecular complexity index is 1280. The molecule has 1 unspecified atom stereocenters. The van der Waals surface area contributed by atoms with Crippen LogP contribution >= 0.6 is 0 Å². The fraction of sp³-hybridized carbons (Fsp3) is 0.333. The van der Waals surface area contributed by atoms with Crippen molar-refractivity contribution < 1.29 is 26.4 Å². The molecule has 0 saturated carbocycles. The van der Waals surface area contributed by atoms with Crippen molar-refractivity contribution in [3.63, 3.8) is 0 Å². The molecule has 0 bridgehead atoms. The number of anilines is 1. The summed E-state index contributed by atoms with van der Waals surface area (Å²) >= 11 is 0. The zero-order valence-electron chi connectivity index (χ0n) is 18.6. The second kappa shape index (κ2) is 10.0. The van der Waals surface area contributed by atoms with E-state index in [0.29, 0.717) is 24.7 Å². The maximum absolute atomic E-state index is 13.9. The Kier molecular flexibility index (Phi) is 7.08. The molecule has 1 saturated heterocycles. The van der Waals surface area contributed by atoms with Crippen LogP contribution < -0.4 is 5.32 Å². The van der Waals surface area contributed by atoms with Crippen LogP contribution in [-0.4, -0.2) is 36.7 Å². The number of nitrogens with one attached hydrogen (secondary N) is 1. The average molecular weight is 490 g/mol. The number of aryl methyl sites for hydroxylation is 1. The molecule has 1 atom stereocenters. The van der Waals surface area contributed by atoms with Crippen LogP contribution in [0.25, 0.3) is 11.3 Å². The number of halogens is 2. The first-order chi connectivity index (χ1) is 16.2. The Labute approximate surface area is 196 Å². The SMILES string of the molecule is CC1CCCN(S(=O)(=O)c2ccc(NC(=O)CCc3ncc(-c4ccc(F)cc4F)o3)cc2)C1. The molecule has 1 aliphatic rings. The third-order valence-corrected chi connectivity index (χ3v) is 7.59. The van der Waals surface area contributed by atoms with Crippen molar-refractivity contribution in [1.29, 1.82) is 0 Å². The van der Waals surface area contributed by atoms with E-state index in [1.165, 1.54) is 28.7 Å². The quantitative estimate of drug-likeness (QED) is 0.523. The highest BCUT2D eigenvalue weighted by molar-refractivity contribution is 7.89. The van der Waals surface area contributed by atoms with Gasteiger partial charge >= 0.3 is 0 Å². The van der Waals surface area contributed by atoms with E-state index >= 15 is 0 Å². The zero-order chi connectivity index (χ0) is 24.3. The van der Waals surface area contributed by atoms with Crippen LogP contribution in [0.2, 0.25) is 0 Å². The predicted octanol–water partition coefficient (Wildman–Crippen LogP) is 4.61. The summed E-state index contributed by atoms with van der Waals surface area (Å²) < 4.78 is 59.7. The Hall–Kier alpha value is -3.11. The number of nitrogens with zero attached hydrogens (tertiary/aromatic N) is 2. The predicted molar refractivity (Wildman–Crippen MR) is 122 cm³/mol. The summed E-state index contributed by atoms with van der Waals surface area (Å²) in [6.45, 7) is 3.07. The normalized spacial score (nSPS) is 17.0. The lowest BCUT2D eigenvalue weighted by molar-refractivity contribution is -0.116. The van der Waals surface area contributed by atoms with Gasteiger partial charge in [-0.3, -0.25) is 4.79 Å². The number of carbonyl (C=O) groups is 1. The van der Waals surface area contributed by atoms with E-state index < -0.39 is 21.7 Å². The number of aromatic nitrogens is 1. The number of carbonyl (C=O) groups excluding carboxylic acids is 1. The monoisotopic (exact) mass is 489 g/mol. The van der Waals surface area contributed by atoms with Gasteiger partial charge < -0.3 is 9.73 Å². The average Bonchev–Trinajstić information content (AvgIpc) is 3.27. The maximum atomic E-state index is 13.9. The largest absolute Gasteiger partial charge is 0.441 e. The van der Waals surface area contributed by atoms with Crippen LogP contribution in [0.15, 0.2) is 58.0 Å². The van der Waals surface area contributed by atoms with Crippen LogP contribution in [-0.2, 0) is 21.2 Å². The summed E-state index contributed by atoms with van der Waals surface area (Å²) in [5, 5.41) is 2.71. The van der Waals surface area contributed by atoms with Gasteiger partial charge in [0.25, 0.3) is 0 Å². The fourth-order valence-corrected chi connectivity index (χ4v) is 5.51. The van der Waals surface area contributed by atoms with Crippen LogP contribution in [0.1, 0.15) is 32.1 Å². The Morgan fingerprint density at radius 2 is 1.97 bits per heavy atom. The second-order valence-corrected chi connectivity index (χ2v) is 10.4. The van der Waals surface area contributed by atoms with Gasteiger partial charge in [-0.15, -0.1) is 0 Å². The summed E-state index contributed by atoms with van der Waals surface area (Å²) in [5.74, 6) is -1.05. The van der Waals surface area contributed by atoms with Crippen LogP contribution in [0.3, 0.4) is 0 Å². The van der Waals surface area contributed by atoms with Gasteiger partial charge in [0, 0.05) is 37.7 Å². The summed E-state index contributed by atoms with van der Waals surface area (Å²) in [6.07, 6.45) is 3.42. The molecular formula is C24H25F2N3O4S. The van der Waals surface area contributed by atoms with E-state index in [2.05, 4.69) is 10.3 Å². The summed E-state index contributed by atoms with van der Waals surface area (Å²) in [6, 6.07) is 9.23. The fourth-order valence-electron chi connectivity index (χ4n) is 3.91. The Balaban J connectivity index is 1.33. The van der Waals surface area contributed by atoms with Gasteiger partial charge in [-0.05, 0) is 55.2 Å². The smallest absolute Gasteiger partial charge is 0.243 e. The number of rotatable bonds is 7. The summed E-state index contributed by atoms with van der Waals surface area (Å²) in [4.78, 5) is 16.6. The second-order valence-electron chi connectivity index (χ2n) is 8.43. The van der Waals surface area contributed by atoms with Gasteiger partial charge in [0.1, 0.15) is 11.6 Å². The summed E-state index contributed by atoms with van der Waals surface area (Å²) in [5.41, 5.74) is 0.552. The van der Waals surface area contributed by atoms with E-state index in [9.17, 15) is 22.0 Å². The van der Waals surface area contributed by atoms with Crippen molar-refractivity contribution in [2.75, 3.05) is 18.4 Å². The van der Waals surface area contributed by atoms with Gasteiger partial charge in [0.05, 0.1) is 16.7 Å². The lowest BCUT2D eigenvalue weighted by Crippen LogP contribution is -2.39. The third kappa shape index (κ3) is 5.51. The molecule has 0 aliphatic carbocycles. The molecule has 7 nitrogen and oxygen atoms in total. The highest BCUT2D eigenvalue weighted by Crippen LogP contribution is 2.26. The van der Waals surface area contributed by atoms with Crippen molar-refractivity contribution in [3.8, 4) is 11.3 Å². The number of benzene rings is 2. The first-order valence-corrected chi connectivity index (χ1v) is 12.5. The molecule has 180 valence electrons. The molecular weight excluding hydrogens is 464 g/mol. The van der Waals surface area contributed by atoms with E-state index in [4.69, 9.17) is 4.42 Å². The number of amides is 1. The molecule has 2 heterocycles. The molecule has 1 aliphatic heterocycles. The van der Waals surface area contributed by atoms with Crippen molar-refractivity contribution in [2.45, 2.75) is 37.5 Å². The van der Waals surface area contributed by atoms with E-state index in [0.717, 1.165) is 25.0 Å². The molecule has 0 radical (unpaired) electrons. The lowest BCUT2D eigenvalue weighted by atomic mass is 10.0. The molecule has 3 aromatic rings. The number of piperidine rings is 1. The van der Waals surface area contributed by atoms with Crippen molar-refractivity contribution in [3.05, 3.63) is 66.2 Å². The van der Waals surface area contributed by atoms with Crippen LogP contribution in [0.4, 0.5) is 14.5 Å². The minimum Gasteiger partial charge on any atom is -0.441 e. The minimum atomic E-state index is -3.56. The third-order valence-electron chi connectivity index (χ3n) is 5.71. The molecule has 34 heavy (non-hydrogen) atoms. The molecule has 1 aromatic heterocycles. The molecule has 10 heteroatoms. The van der Waals surface area contributed by atoms with Gasteiger partial charge in [-0.2, -0.15) is 4.31 Å².